The molecule has 0 amide bonds. The lowest BCUT2D eigenvalue weighted by atomic mass is 10.1. The molecular weight excluding hydrogens is 194 g/mol. The molecule has 1 aromatic rings. The maximum Gasteiger partial charge on any atom is 0.337 e. The first-order chi connectivity index (χ1) is 9.52. The Labute approximate surface area is 96.2 Å². The highest BCUT2D eigenvalue weighted by Gasteiger charge is 2.07. The number of hydrogen-bond donors (Lipinski definition) is 2. The minimum absolute atomic E-state index is 0.540. The van der Waals surface area contributed by atoms with Crippen molar-refractivity contribution < 1.29 is 17.8 Å². The number of benzene rings is 1. The predicted octanol–water partition coefficient (Wildman–Crippen LogP) is 0.687. The van der Waals surface area contributed by atoms with Gasteiger partial charge in [0.25, 0.3) is 0 Å². The Bertz CT molecular complexity index is 622. The average Bonchev–Trinajstić information content (AvgIpc) is 2.33. The van der Waals surface area contributed by atoms with Gasteiger partial charge in [0, 0.05) is 4.11 Å². The van der Waals surface area contributed by atoms with Crippen molar-refractivity contribution in [3.05, 3.63) is 29.3 Å². The zero-order valence-electron chi connectivity index (χ0n) is 13.9. The van der Waals surface area contributed by atoms with Crippen LogP contribution >= 0.6 is 0 Å². The number of hydrogen-bond acceptors (Lipinski definition) is 3. The third kappa shape index (κ3) is 2.70. The molecule has 0 atom stereocenters. The molecule has 0 aliphatic carbocycles. The van der Waals surface area contributed by atoms with E-state index in [1.54, 1.807) is 0 Å². The fourth-order valence-electron chi connectivity index (χ4n) is 0.813. The zero-order chi connectivity index (χ0) is 16.5. The number of carbonyl (C=O) groups excluding carboxylic acids is 1. The number of carbonyl (C=O) groups is 1. The molecule has 5 heteroatoms. The number of methoxy groups -OCH3 is 1. The van der Waals surface area contributed by atoms with Crippen LogP contribution in [0.2, 0.25) is 0 Å². The largest absolute Gasteiger partial charge is 0.465 e. The van der Waals surface area contributed by atoms with Gasteiger partial charge in [-0.3, -0.25) is 0 Å². The van der Waals surface area contributed by atoms with Gasteiger partial charge in [-0.2, -0.15) is 0 Å². The number of esters is 1. The molecule has 4 N–H and O–H groups in total. The van der Waals surface area contributed by atoms with Gasteiger partial charge in [-0.05, 0) is 24.5 Å². The first-order valence-corrected chi connectivity index (χ1v) is 3.84. The molecule has 1 rings (SSSR count). The second-order valence-corrected chi connectivity index (χ2v) is 2.50. The van der Waals surface area contributed by atoms with Crippen LogP contribution in [-0.2, 0) is 4.74 Å². The average molecular weight is 213 g/mol. The van der Waals surface area contributed by atoms with Crippen molar-refractivity contribution in [2.24, 2.45) is 16.5 Å². The Hall–Kier alpha value is -2.04. The van der Waals surface area contributed by atoms with E-state index < -0.39 is 53.7 Å². The molecular formula is C10H13N3O2. The normalized spacial score (nSPS) is 16.1. The molecule has 15 heavy (non-hydrogen) atoms. The van der Waals surface area contributed by atoms with Crippen molar-refractivity contribution in [3.63, 3.8) is 0 Å². The van der Waals surface area contributed by atoms with Crippen LogP contribution < -0.4 is 11.5 Å². The Morgan fingerprint density at radius 3 is 2.87 bits per heavy atom. The van der Waals surface area contributed by atoms with E-state index in [4.69, 9.17) is 19.7 Å². The smallest absolute Gasteiger partial charge is 0.337 e. The summed E-state index contributed by atoms with van der Waals surface area (Å²) in [4.78, 5) is 15.1. The first-order valence-electron chi connectivity index (χ1n) is 6.84. The minimum atomic E-state index is -2.83. The summed E-state index contributed by atoms with van der Waals surface area (Å²) in [5, 5.41) is 0. The van der Waals surface area contributed by atoms with Gasteiger partial charge in [-0.15, -0.1) is 0 Å². The molecule has 0 aliphatic heterocycles. The van der Waals surface area contributed by atoms with Crippen LogP contribution in [0.1, 0.15) is 24.1 Å². The highest BCUT2D eigenvalue weighted by Crippen LogP contribution is 2.20. The summed E-state index contributed by atoms with van der Waals surface area (Å²) < 4.78 is 49.9. The number of rotatable bonds is 2. The predicted molar refractivity (Wildman–Crippen MR) is 58.0 cm³/mol. The molecule has 0 aliphatic rings. The molecule has 0 unspecified atom stereocenters. The van der Waals surface area contributed by atoms with Gasteiger partial charge in [-0.1, -0.05) is 6.04 Å². The van der Waals surface area contributed by atoms with E-state index >= 15 is 0 Å². The summed E-state index contributed by atoms with van der Waals surface area (Å²) in [6.07, 6.45) is 0. The highest BCUT2D eigenvalue weighted by atomic mass is 16.5. The van der Waals surface area contributed by atoms with Crippen LogP contribution in [0.5, 0.6) is 0 Å². The summed E-state index contributed by atoms with van der Waals surface area (Å²) >= 11 is 0. The number of guanidine groups is 1. The van der Waals surface area contributed by atoms with E-state index in [1.807, 2.05) is 0 Å². The Balaban J connectivity index is 3.93. The minimum Gasteiger partial charge on any atom is -0.465 e. The van der Waals surface area contributed by atoms with Crippen LogP contribution in [-0.4, -0.2) is 19.0 Å². The number of aliphatic imine (C=N–C) groups is 1. The Morgan fingerprint density at radius 2 is 2.33 bits per heavy atom. The van der Waals surface area contributed by atoms with Crippen molar-refractivity contribution in [2.45, 2.75) is 6.85 Å². The van der Waals surface area contributed by atoms with E-state index in [-0.39, 0.29) is 0 Å². The van der Waals surface area contributed by atoms with E-state index in [0.717, 1.165) is 7.11 Å². The molecule has 0 bridgehead atoms. The molecule has 0 spiro atoms. The first kappa shape index (κ1) is 5.16. The SMILES string of the molecule is [2H]c1c([2H])c(C([2H])([2H])[2H])c(N=C(N)N)c([2H])c1C(=O)OC. The molecule has 80 valence electrons. The van der Waals surface area contributed by atoms with Crippen molar-refractivity contribution in [2.75, 3.05) is 7.11 Å². The lowest BCUT2D eigenvalue weighted by Crippen LogP contribution is -2.22. The molecule has 0 fully saturated rings. The second-order valence-electron chi connectivity index (χ2n) is 2.50. The number of nitrogens with zero attached hydrogens (tertiary/aromatic N) is 1. The van der Waals surface area contributed by atoms with Crippen LogP contribution in [0, 0.1) is 6.85 Å². The Morgan fingerprint density at radius 1 is 1.60 bits per heavy atom. The van der Waals surface area contributed by atoms with Crippen LogP contribution in [0.4, 0.5) is 5.69 Å². The third-order valence-corrected chi connectivity index (χ3v) is 1.42. The lowest BCUT2D eigenvalue weighted by molar-refractivity contribution is 0.0601. The maximum atomic E-state index is 11.6. The number of nitrogens with two attached hydrogens (primary N) is 2. The monoisotopic (exact) mass is 213 g/mol. The van der Waals surface area contributed by atoms with Gasteiger partial charge in [0.2, 0.25) is 0 Å². The summed E-state index contributed by atoms with van der Waals surface area (Å²) in [5.74, 6) is -1.59. The van der Waals surface area contributed by atoms with Crippen molar-refractivity contribution in [1.29, 1.82) is 0 Å². The standard InChI is InChI=1S/C10H13N3O2/c1-6-3-4-7(9(14)15-2)5-8(6)13-10(11)12/h3-5H,1-2H3,(H4,11,12,13)/i1D3,3D,4D,5D. The van der Waals surface area contributed by atoms with Crippen LogP contribution in [0.3, 0.4) is 0 Å². The van der Waals surface area contributed by atoms with E-state index in [0.29, 0.717) is 0 Å². The van der Waals surface area contributed by atoms with Gasteiger partial charge in [0.15, 0.2) is 5.96 Å². The summed E-state index contributed by atoms with van der Waals surface area (Å²) in [6, 6.07) is -2.17. The van der Waals surface area contributed by atoms with E-state index in [2.05, 4.69) is 9.73 Å². The van der Waals surface area contributed by atoms with Gasteiger partial charge in [-0.25, -0.2) is 9.79 Å². The van der Waals surface area contributed by atoms with Crippen molar-refractivity contribution in [1.82, 2.24) is 0 Å². The highest BCUT2D eigenvalue weighted by molar-refractivity contribution is 5.91. The van der Waals surface area contributed by atoms with Crippen LogP contribution in [0.25, 0.3) is 0 Å². The molecule has 0 heterocycles. The van der Waals surface area contributed by atoms with Gasteiger partial charge in [0.05, 0.1) is 22.5 Å². The molecule has 0 saturated heterocycles. The topological polar surface area (TPSA) is 90.7 Å². The van der Waals surface area contributed by atoms with Crippen molar-refractivity contribution in [3.8, 4) is 0 Å². The zero-order valence-corrected chi connectivity index (χ0v) is 7.92. The van der Waals surface area contributed by atoms with Gasteiger partial charge < -0.3 is 16.2 Å². The fraction of sp³-hybridized carbons (Fsp3) is 0.200. The summed E-state index contributed by atoms with van der Waals surface area (Å²) in [6.45, 7) is -2.83. The second kappa shape index (κ2) is 4.45. The molecule has 0 saturated carbocycles. The fourth-order valence-corrected chi connectivity index (χ4v) is 0.813. The van der Waals surface area contributed by atoms with Gasteiger partial charge in [0.1, 0.15) is 0 Å². The molecule has 1 aromatic carbocycles. The molecule has 0 aromatic heterocycles. The molecule has 0 radical (unpaired) electrons. The van der Waals surface area contributed by atoms with Crippen molar-refractivity contribution >= 4 is 17.6 Å². The molecule has 5 nitrogen and oxygen atoms in total. The number of ether oxygens (including phenoxy) is 1. The van der Waals surface area contributed by atoms with E-state index in [1.165, 1.54) is 0 Å². The quantitative estimate of drug-likeness (QED) is 0.429. The van der Waals surface area contributed by atoms with E-state index in [9.17, 15) is 4.79 Å². The van der Waals surface area contributed by atoms with Gasteiger partial charge >= 0.3 is 5.97 Å². The lowest BCUT2D eigenvalue weighted by Gasteiger charge is -2.03. The summed E-state index contributed by atoms with van der Waals surface area (Å²) in [5.41, 5.74) is 8.59. The third-order valence-electron chi connectivity index (χ3n) is 1.42. The summed E-state index contributed by atoms with van der Waals surface area (Å²) in [7, 11) is 1.03. The maximum absolute atomic E-state index is 11.6. The Kier molecular flexibility index (Phi) is 1.53. The van der Waals surface area contributed by atoms with Crippen LogP contribution in [0.15, 0.2) is 23.1 Å².